The molecule has 0 saturated carbocycles. The van der Waals surface area contributed by atoms with E-state index in [0.29, 0.717) is 0 Å². The zero-order valence-corrected chi connectivity index (χ0v) is 4.09. The van der Waals surface area contributed by atoms with E-state index in [0.717, 1.165) is 0 Å². The summed E-state index contributed by atoms with van der Waals surface area (Å²) in [6.45, 7) is 0. The molecular formula is HAlClNaS. The molecule has 0 aliphatic heterocycles. The number of halogens is 1. The first-order chi connectivity index (χ1) is 1.41. The summed E-state index contributed by atoms with van der Waals surface area (Å²) in [6, 6.07) is 0. The van der Waals surface area contributed by atoms with Crippen molar-refractivity contribution in [2.45, 2.75) is 0 Å². The quantitative estimate of drug-likeness (QED) is 0.413. The average Bonchev–Trinajstić information content (AvgIpc) is 0.918. The molecule has 0 aromatic heterocycles. The predicted octanol–water partition coefficient (Wildman–Crippen LogP) is 0.308. The van der Waals surface area contributed by atoms with Crippen molar-refractivity contribution in [2.75, 3.05) is 0 Å². The second kappa shape index (κ2) is 8.90. The molecule has 0 unspecified atom stereocenters. The summed E-state index contributed by atoms with van der Waals surface area (Å²) in [5, 5.41) is 0. The summed E-state index contributed by atoms with van der Waals surface area (Å²) in [5.74, 6) is 0. The van der Waals surface area contributed by atoms with Crippen LogP contribution in [0.3, 0.4) is 0 Å². The first-order valence-corrected chi connectivity index (χ1v) is 4.09. The normalized spacial score (nSPS) is 2.25. The fraction of sp³-hybridized carbons (Fsp3) is 0. The third-order valence-corrected chi connectivity index (χ3v) is 0. The zero-order chi connectivity index (χ0) is 2.71. The summed E-state index contributed by atoms with van der Waals surface area (Å²) in [5.41, 5.74) is 0. The Bertz CT molecular complexity index is 15.5. The van der Waals surface area contributed by atoms with Crippen LogP contribution < -0.4 is 0 Å². The van der Waals surface area contributed by atoms with E-state index in [1.54, 1.807) is 0 Å². The van der Waals surface area contributed by atoms with Crippen LogP contribution in [0, 0.1) is 0 Å². The molecule has 4 heteroatoms. The molecule has 0 saturated heterocycles. The molecule has 0 N–H and O–H groups in total. The van der Waals surface area contributed by atoms with E-state index in [4.69, 9.17) is 10.0 Å². The maximum absolute atomic E-state index is 4.90. The number of hydrogen-bond acceptors (Lipinski definition) is 1. The summed E-state index contributed by atoms with van der Waals surface area (Å²) < 4.78 is 0. The molecule has 0 radical (unpaired) electrons. The van der Waals surface area contributed by atoms with Crippen LogP contribution in [-0.4, -0.2) is 42.2 Å². The van der Waals surface area contributed by atoms with Crippen LogP contribution in [0.2, 0.25) is 0 Å². The third-order valence-electron chi connectivity index (χ3n) is 0. The third kappa shape index (κ3) is 8.97. The van der Waals surface area contributed by atoms with E-state index < -0.39 is 0 Å². The molecular weight excluding hydrogens is 117 g/mol. The van der Waals surface area contributed by atoms with Gasteiger partial charge in [-0.3, -0.25) is 0 Å². The van der Waals surface area contributed by atoms with Crippen LogP contribution in [0.25, 0.3) is 0 Å². The van der Waals surface area contributed by atoms with Crippen molar-refractivity contribution < 1.29 is 0 Å². The van der Waals surface area contributed by atoms with Crippen molar-refractivity contribution in [3.8, 4) is 0 Å². The first-order valence-electron chi connectivity index (χ1n) is 0.454. The topological polar surface area (TPSA) is 0 Å². The van der Waals surface area contributed by atoms with Crippen LogP contribution in [0.15, 0.2) is 0 Å². The van der Waals surface area contributed by atoms with E-state index in [9.17, 15) is 0 Å². The molecule has 0 aliphatic carbocycles. The summed E-state index contributed by atoms with van der Waals surface area (Å²) in [6.07, 6.45) is 0. The van der Waals surface area contributed by atoms with Gasteiger partial charge in [0.15, 0.2) is 0 Å². The molecule has 0 atom stereocenters. The van der Waals surface area contributed by atoms with Gasteiger partial charge in [-0.15, -0.1) is 0 Å². The molecule has 0 amide bonds. The van der Waals surface area contributed by atoms with E-state index in [-0.39, 0.29) is 42.2 Å². The van der Waals surface area contributed by atoms with Gasteiger partial charge >= 0.3 is 62.8 Å². The maximum atomic E-state index is 4.90. The Morgan fingerprint density at radius 3 is 1.75 bits per heavy atom. The van der Waals surface area contributed by atoms with Gasteiger partial charge < -0.3 is 0 Å². The first kappa shape index (κ1) is 9.40. The summed E-state index contributed by atoms with van der Waals surface area (Å²) in [7, 11) is 9.14. The molecule has 0 aromatic rings. The van der Waals surface area contributed by atoms with Gasteiger partial charge in [0, 0.05) is 0 Å². The van der Waals surface area contributed by atoms with E-state index in [1.165, 1.54) is 0 Å². The van der Waals surface area contributed by atoms with Crippen molar-refractivity contribution in [1.29, 1.82) is 0 Å². The molecule has 0 fully saturated rings. The molecule has 0 aromatic carbocycles. The van der Waals surface area contributed by atoms with Crippen LogP contribution in [0.4, 0.5) is 0 Å². The number of rotatable bonds is 0. The van der Waals surface area contributed by atoms with Gasteiger partial charge in [-0.1, -0.05) is 0 Å². The Morgan fingerprint density at radius 1 is 1.75 bits per heavy atom. The molecule has 0 bridgehead atoms. The van der Waals surface area contributed by atoms with Crippen molar-refractivity contribution >= 4 is 62.8 Å². The Balaban J connectivity index is 0. The molecule has 0 aliphatic rings. The minimum atomic E-state index is -0.194. The molecule has 0 rings (SSSR count). The van der Waals surface area contributed by atoms with E-state index in [2.05, 4.69) is 10.5 Å². The van der Waals surface area contributed by atoms with Crippen LogP contribution >= 0.6 is 20.5 Å². The average molecular weight is 118 g/mol. The van der Waals surface area contributed by atoms with E-state index in [1.807, 2.05) is 0 Å². The van der Waals surface area contributed by atoms with Gasteiger partial charge in [-0.2, -0.15) is 0 Å². The predicted molar refractivity (Wildman–Crippen MR) is 26.3 cm³/mol. The monoisotopic (exact) mass is 118 g/mol. The molecule has 4 heavy (non-hydrogen) atoms. The molecule has 0 nitrogen and oxygen atoms in total. The van der Waals surface area contributed by atoms with Gasteiger partial charge in [-0.25, -0.2) is 0 Å². The molecule has 0 heterocycles. The van der Waals surface area contributed by atoms with Crippen LogP contribution in [0.1, 0.15) is 0 Å². The van der Waals surface area contributed by atoms with Crippen LogP contribution in [0.5, 0.6) is 0 Å². The standard InChI is InChI=1S/Al.ClH.Na.S.H/h;1H;;;/q+1;;;;/p-1. The Morgan fingerprint density at radius 2 is 1.75 bits per heavy atom. The van der Waals surface area contributed by atoms with Gasteiger partial charge in [0.2, 0.25) is 0 Å². The SMILES string of the molecule is [NaH].[S]=[Al][Cl]. The minimum absolute atomic E-state index is 0. The van der Waals surface area contributed by atoms with Crippen LogP contribution in [-0.2, 0) is 0 Å². The second-order valence-corrected chi connectivity index (χ2v) is 2.41. The van der Waals surface area contributed by atoms with Gasteiger partial charge in [0.1, 0.15) is 0 Å². The van der Waals surface area contributed by atoms with Gasteiger partial charge in [-0.05, 0) is 0 Å². The van der Waals surface area contributed by atoms with E-state index >= 15 is 0 Å². The second-order valence-electron chi connectivity index (χ2n) is 0.0891. The molecule has 0 spiro atoms. The fourth-order valence-electron chi connectivity index (χ4n) is 0. The van der Waals surface area contributed by atoms with Crippen molar-refractivity contribution in [3.63, 3.8) is 0 Å². The van der Waals surface area contributed by atoms with Gasteiger partial charge in [0.25, 0.3) is 0 Å². The van der Waals surface area contributed by atoms with Crippen molar-refractivity contribution in [3.05, 3.63) is 0 Å². The Hall–Kier alpha value is 2.04. The van der Waals surface area contributed by atoms with Crippen molar-refractivity contribution in [1.82, 2.24) is 0 Å². The summed E-state index contributed by atoms with van der Waals surface area (Å²) in [4.78, 5) is 0. The molecule has 18 valence electrons. The Kier molecular flexibility index (Phi) is 20.9. The zero-order valence-electron chi connectivity index (χ0n) is 1.36. The van der Waals surface area contributed by atoms with Gasteiger partial charge in [0.05, 0.1) is 0 Å². The van der Waals surface area contributed by atoms with Crippen molar-refractivity contribution in [2.24, 2.45) is 0 Å². The summed E-state index contributed by atoms with van der Waals surface area (Å²) >= 11 is -0.194. The Labute approximate surface area is 61.9 Å². The number of hydrogen-bond donors (Lipinski definition) is 0. The fourth-order valence-corrected chi connectivity index (χ4v) is 0.